The predicted molar refractivity (Wildman–Crippen MR) is 196 cm³/mol. The molecule has 0 fully saturated rings. The summed E-state index contributed by atoms with van der Waals surface area (Å²) in [6, 6.07) is 17.7. The Morgan fingerprint density at radius 1 is 0.886 bits per heavy atom. The molecule has 0 bridgehead atoms. The van der Waals surface area contributed by atoms with E-state index in [2.05, 4.69) is 185 Å². The first-order valence-electron chi connectivity index (χ1n) is 16.3. The minimum Gasteiger partial charge on any atom is -0.344 e. The lowest BCUT2D eigenvalue weighted by Gasteiger charge is -2.39. The molecule has 2 unspecified atom stereocenters. The molecular formula is C43H53N. The zero-order valence-electron chi connectivity index (χ0n) is 27.9. The number of aryl methyl sites for hydroxylation is 1. The minimum atomic E-state index is -0.0498. The number of allylic oxidation sites excluding steroid dienone is 16. The number of hydrogen-bond donors (Lipinski definition) is 0. The summed E-state index contributed by atoms with van der Waals surface area (Å²) in [6.45, 7) is 14.0. The predicted octanol–water partition coefficient (Wildman–Crippen LogP) is 11.9. The summed E-state index contributed by atoms with van der Waals surface area (Å²) in [6.07, 6.45) is 39.8. The van der Waals surface area contributed by atoms with Gasteiger partial charge in [-0.25, -0.2) is 0 Å². The monoisotopic (exact) mass is 583 g/mol. The Labute approximate surface area is 268 Å². The number of rotatable bonds is 13. The van der Waals surface area contributed by atoms with Crippen molar-refractivity contribution in [3.05, 3.63) is 174 Å². The molecule has 2 aromatic rings. The lowest BCUT2D eigenvalue weighted by Crippen LogP contribution is -2.33. The number of hydrogen-bond acceptors (Lipinski definition) is 1. The van der Waals surface area contributed by atoms with E-state index in [4.69, 9.17) is 0 Å². The van der Waals surface area contributed by atoms with Crippen molar-refractivity contribution in [2.24, 2.45) is 5.92 Å². The first-order valence-corrected chi connectivity index (χ1v) is 16.3. The maximum atomic E-state index is 2.43. The molecule has 0 saturated carbocycles. The highest BCUT2D eigenvalue weighted by molar-refractivity contribution is 5.59. The summed E-state index contributed by atoms with van der Waals surface area (Å²) in [5, 5.41) is 0. The Balaban J connectivity index is 1.99. The summed E-state index contributed by atoms with van der Waals surface area (Å²) in [5.41, 5.74) is 7.87. The highest BCUT2D eigenvalue weighted by Gasteiger charge is 2.35. The van der Waals surface area contributed by atoms with Crippen molar-refractivity contribution in [3.63, 3.8) is 0 Å². The molecule has 1 nitrogen and oxygen atoms in total. The maximum Gasteiger partial charge on any atom is 0.0444 e. The maximum absolute atomic E-state index is 2.43. The van der Waals surface area contributed by atoms with Gasteiger partial charge in [-0.1, -0.05) is 141 Å². The van der Waals surface area contributed by atoms with Gasteiger partial charge >= 0.3 is 0 Å². The van der Waals surface area contributed by atoms with Gasteiger partial charge in [-0.2, -0.15) is 0 Å². The van der Waals surface area contributed by atoms with Crippen LogP contribution in [0.4, 0.5) is 5.69 Å². The van der Waals surface area contributed by atoms with Crippen LogP contribution in [0.5, 0.6) is 0 Å². The van der Waals surface area contributed by atoms with E-state index in [0.29, 0.717) is 5.92 Å². The van der Waals surface area contributed by atoms with Crippen LogP contribution in [0.15, 0.2) is 157 Å². The molecule has 0 amide bonds. The van der Waals surface area contributed by atoms with Crippen molar-refractivity contribution in [2.75, 3.05) is 11.4 Å². The van der Waals surface area contributed by atoms with E-state index in [1.165, 1.54) is 33.5 Å². The normalized spacial score (nSPS) is 17.1. The Morgan fingerprint density at radius 2 is 1.61 bits per heavy atom. The number of benzene rings is 2. The third kappa shape index (κ3) is 9.45. The van der Waals surface area contributed by atoms with Crippen molar-refractivity contribution in [3.8, 4) is 0 Å². The second-order valence-corrected chi connectivity index (χ2v) is 11.5. The molecule has 1 aliphatic rings. The molecule has 3 rings (SSSR count). The van der Waals surface area contributed by atoms with Gasteiger partial charge < -0.3 is 4.90 Å². The second-order valence-electron chi connectivity index (χ2n) is 11.5. The minimum absolute atomic E-state index is 0.0498. The van der Waals surface area contributed by atoms with Crippen LogP contribution in [0, 0.1) is 12.8 Å². The van der Waals surface area contributed by atoms with Crippen molar-refractivity contribution in [1.82, 2.24) is 0 Å². The molecule has 0 N–H and O–H groups in total. The standard InChI is InChI=1S/C43H53N/c1-7-11-14-19-32-43(37(6)24-13-9-3,41-28-17-15-23-36(41)5)33-21-26-38(10-4)39-27-22-35-44(34-20-12-8-2)42-29-18-16-25-40(42)31-30-39/h7-8,10-30,34,37H,9,31-33,35H2,1-6H3/b11-7-,12-8-,19-14-,24-13-,26-21-,27-22?,34-20-,38-10+,39-30?. The van der Waals surface area contributed by atoms with Gasteiger partial charge in [0.15, 0.2) is 0 Å². The Hall–Kier alpha value is -4.10. The lowest BCUT2D eigenvalue weighted by atomic mass is 9.65. The Bertz CT molecular complexity index is 1450. The van der Waals surface area contributed by atoms with Crippen molar-refractivity contribution < 1.29 is 0 Å². The highest BCUT2D eigenvalue weighted by atomic mass is 15.1. The molecule has 0 saturated heterocycles. The number of fused-ring (bicyclic) bond motifs is 1. The summed E-state index contributed by atoms with van der Waals surface area (Å²) >= 11 is 0. The molecule has 0 spiro atoms. The molecular weight excluding hydrogens is 530 g/mol. The van der Waals surface area contributed by atoms with E-state index in [-0.39, 0.29) is 5.41 Å². The first kappa shape index (κ1) is 34.4. The number of para-hydroxylation sites is 1. The fourth-order valence-corrected chi connectivity index (χ4v) is 6.06. The molecule has 230 valence electrons. The van der Waals surface area contributed by atoms with E-state index in [1.54, 1.807) is 0 Å². The van der Waals surface area contributed by atoms with E-state index >= 15 is 0 Å². The van der Waals surface area contributed by atoms with Crippen LogP contribution < -0.4 is 4.90 Å². The third-order valence-corrected chi connectivity index (χ3v) is 8.57. The van der Waals surface area contributed by atoms with E-state index in [9.17, 15) is 0 Å². The molecule has 0 aromatic heterocycles. The summed E-state index contributed by atoms with van der Waals surface area (Å²) in [5.74, 6) is 0.375. The fraction of sp³-hybridized carbons (Fsp3) is 0.302. The van der Waals surface area contributed by atoms with Gasteiger partial charge in [0.1, 0.15) is 0 Å². The Kier molecular flexibility index (Phi) is 14.5. The summed E-state index contributed by atoms with van der Waals surface area (Å²) in [7, 11) is 0. The molecule has 1 heterocycles. The van der Waals surface area contributed by atoms with Gasteiger partial charge in [-0.05, 0) is 99.3 Å². The fourth-order valence-electron chi connectivity index (χ4n) is 6.06. The van der Waals surface area contributed by atoms with Crippen LogP contribution in [0.2, 0.25) is 0 Å². The first-order chi connectivity index (χ1) is 21.5. The third-order valence-electron chi connectivity index (χ3n) is 8.57. The van der Waals surface area contributed by atoms with Gasteiger partial charge in [-0.15, -0.1) is 0 Å². The molecule has 1 heteroatoms. The van der Waals surface area contributed by atoms with E-state index < -0.39 is 0 Å². The summed E-state index contributed by atoms with van der Waals surface area (Å²) < 4.78 is 0. The lowest BCUT2D eigenvalue weighted by molar-refractivity contribution is 0.339. The second kappa shape index (κ2) is 18.5. The van der Waals surface area contributed by atoms with Gasteiger partial charge in [0.2, 0.25) is 0 Å². The molecule has 1 aliphatic heterocycles. The van der Waals surface area contributed by atoms with Crippen LogP contribution in [-0.4, -0.2) is 6.54 Å². The van der Waals surface area contributed by atoms with Gasteiger partial charge in [0, 0.05) is 23.8 Å². The quantitative estimate of drug-likeness (QED) is 0.167. The van der Waals surface area contributed by atoms with Gasteiger partial charge in [-0.3, -0.25) is 0 Å². The SMILES string of the molecule is C/C=C\C=C/CC(C/C=C\C(=C/C)C1=CCc2ccccc2N(/C=C\C=C/C)CC=C1)(c1ccccc1C)C(C)/C=C\CC. The van der Waals surface area contributed by atoms with E-state index in [0.717, 1.165) is 32.2 Å². The zero-order chi connectivity index (χ0) is 31.6. The van der Waals surface area contributed by atoms with Gasteiger partial charge in [0.25, 0.3) is 0 Å². The van der Waals surface area contributed by atoms with Crippen molar-refractivity contribution in [2.45, 2.75) is 72.6 Å². The largest absolute Gasteiger partial charge is 0.344 e. The van der Waals surface area contributed by atoms with Crippen LogP contribution >= 0.6 is 0 Å². The average molecular weight is 584 g/mol. The van der Waals surface area contributed by atoms with E-state index in [1.807, 2.05) is 6.92 Å². The molecule has 2 aromatic carbocycles. The van der Waals surface area contributed by atoms with Crippen LogP contribution in [-0.2, 0) is 11.8 Å². The summed E-state index contributed by atoms with van der Waals surface area (Å²) in [4.78, 5) is 2.33. The van der Waals surface area contributed by atoms with Crippen LogP contribution in [0.25, 0.3) is 0 Å². The Morgan fingerprint density at radius 3 is 2.36 bits per heavy atom. The molecule has 2 atom stereocenters. The highest BCUT2D eigenvalue weighted by Crippen LogP contribution is 2.43. The molecule has 0 radical (unpaired) electrons. The topological polar surface area (TPSA) is 3.24 Å². The van der Waals surface area contributed by atoms with Crippen molar-refractivity contribution in [1.29, 1.82) is 0 Å². The van der Waals surface area contributed by atoms with Crippen LogP contribution in [0.1, 0.15) is 70.6 Å². The zero-order valence-corrected chi connectivity index (χ0v) is 27.9. The molecule has 0 aliphatic carbocycles. The molecule has 44 heavy (non-hydrogen) atoms. The number of nitrogens with zero attached hydrogens (tertiary/aromatic N) is 1. The average Bonchev–Trinajstić information content (AvgIpc) is 3.13. The van der Waals surface area contributed by atoms with Gasteiger partial charge in [0.05, 0.1) is 0 Å². The van der Waals surface area contributed by atoms with Crippen molar-refractivity contribution >= 4 is 5.69 Å². The smallest absolute Gasteiger partial charge is 0.0444 e. The number of anilines is 1. The van der Waals surface area contributed by atoms with Crippen LogP contribution in [0.3, 0.4) is 0 Å².